The molecule has 1 atom stereocenters. The summed E-state index contributed by atoms with van der Waals surface area (Å²) >= 11 is 0. The molecular weight excluding hydrogens is 264 g/mol. The van der Waals surface area contributed by atoms with Crippen molar-refractivity contribution in [3.63, 3.8) is 0 Å². The second kappa shape index (κ2) is 7.57. The minimum Gasteiger partial charge on any atom is -0.481 e. The fraction of sp³-hybridized carbons (Fsp3) is 0.588. The molecule has 1 aromatic rings. The van der Waals surface area contributed by atoms with Crippen LogP contribution in [0.5, 0.6) is 0 Å². The van der Waals surface area contributed by atoms with Crippen LogP contribution in [0.4, 0.5) is 0 Å². The van der Waals surface area contributed by atoms with E-state index in [1.807, 2.05) is 0 Å². The van der Waals surface area contributed by atoms with E-state index in [-0.39, 0.29) is 12.5 Å². The molecule has 0 spiro atoms. The van der Waals surface area contributed by atoms with Crippen molar-refractivity contribution in [1.82, 2.24) is 10.2 Å². The van der Waals surface area contributed by atoms with E-state index in [1.54, 1.807) is 0 Å². The van der Waals surface area contributed by atoms with Gasteiger partial charge in [-0.3, -0.25) is 9.69 Å². The number of aliphatic carboxylic acids is 1. The Bertz CT molecular complexity index is 480. The average Bonchev–Trinajstić information content (AvgIpc) is 2.70. The Hall–Kier alpha value is -1.39. The molecule has 21 heavy (non-hydrogen) atoms. The van der Waals surface area contributed by atoms with Crippen LogP contribution in [0.3, 0.4) is 0 Å². The highest BCUT2D eigenvalue weighted by molar-refractivity contribution is 5.67. The number of nitrogens with one attached hydrogen (secondary N) is 1. The van der Waals surface area contributed by atoms with E-state index < -0.39 is 5.97 Å². The summed E-state index contributed by atoms with van der Waals surface area (Å²) in [6, 6.07) is 6.52. The van der Waals surface area contributed by atoms with Crippen LogP contribution in [0.1, 0.15) is 29.5 Å². The zero-order chi connectivity index (χ0) is 15.2. The number of carboxylic acid groups (broad SMARTS) is 1. The van der Waals surface area contributed by atoms with Crippen molar-refractivity contribution >= 4 is 5.97 Å². The van der Waals surface area contributed by atoms with Gasteiger partial charge in [-0.05, 0) is 50.9 Å². The fourth-order valence-corrected chi connectivity index (χ4v) is 3.04. The van der Waals surface area contributed by atoms with Crippen molar-refractivity contribution in [2.24, 2.45) is 0 Å². The standard InChI is InChI=1S/C17H26N2O2/c1-13-4-5-14(2)15(10-13)11-16(12-17(20)21)19-8-3-6-18-7-9-19/h4-5,10,16,18H,3,6-9,11-12H2,1-2H3,(H,20,21). The van der Waals surface area contributed by atoms with Gasteiger partial charge in [0.05, 0.1) is 6.42 Å². The van der Waals surface area contributed by atoms with Crippen LogP contribution in [0, 0.1) is 13.8 Å². The molecule has 0 saturated carbocycles. The Morgan fingerprint density at radius 3 is 2.90 bits per heavy atom. The Morgan fingerprint density at radius 2 is 2.14 bits per heavy atom. The highest BCUT2D eigenvalue weighted by atomic mass is 16.4. The number of carboxylic acids is 1. The topological polar surface area (TPSA) is 52.6 Å². The minimum atomic E-state index is -0.706. The van der Waals surface area contributed by atoms with Crippen LogP contribution in [0.2, 0.25) is 0 Å². The number of nitrogens with zero attached hydrogens (tertiary/aromatic N) is 1. The molecule has 4 heteroatoms. The molecule has 1 aliphatic rings. The fourth-order valence-electron chi connectivity index (χ4n) is 3.04. The van der Waals surface area contributed by atoms with Crippen LogP contribution in [-0.4, -0.2) is 48.2 Å². The van der Waals surface area contributed by atoms with Gasteiger partial charge in [-0.15, -0.1) is 0 Å². The molecule has 1 fully saturated rings. The lowest BCUT2D eigenvalue weighted by molar-refractivity contribution is -0.138. The third-order valence-corrected chi connectivity index (χ3v) is 4.26. The lowest BCUT2D eigenvalue weighted by Gasteiger charge is -2.30. The molecule has 0 aromatic heterocycles. The van der Waals surface area contributed by atoms with Gasteiger partial charge in [0.1, 0.15) is 0 Å². The van der Waals surface area contributed by atoms with Crippen molar-refractivity contribution in [2.75, 3.05) is 26.2 Å². The molecule has 1 saturated heterocycles. The average molecular weight is 290 g/mol. The van der Waals surface area contributed by atoms with Gasteiger partial charge in [0.2, 0.25) is 0 Å². The zero-order valence-electron chi connectivity index (χ0n) is 13.1. The van der Waals surface area contributed by atoms with Gasteiger partial charge >= 0.3 is 5.97 Å². The predicted octanol–water partition coefficient (Wildman–Crippen LogP) is 1.98. The van der Waals surface area contributed by atoms with Crippen LogP contribution >= 0.6 is 0 Å². The third kappa shape index (κ3) is 4.83. The molecule has 0 amide bonds. The molecule has 1 aliphatic heterocycles. The van der Waals surface area contributed by atoms with Crippen molar-refractivity contribution in [3.8, 4) is 0 Å². The Labute approximate surface area is 127 Å². The molecule has 0 radical (unpaired) electrons. The van der Waals surface area contributed by atoms with Gasteiger partial charge in [-0.25, -0.2) is 0 Å². The van der Waals surface area contributed by atoms with Crippen molar-refractivity contribution in [1.29, 1.82) is 0 Å². The summed E-state index contributed by atoms with van der Waals surface area (Å²) in [7, 11) is 0. The van der Waals surface area contributed by atoms with E-state index in [9.17, 15) is 9.90 Å². The Kier molecular flexibility index (Phi) is 5.76. The molecule has 116 valence electrons. The lowest BCUT2D eigenvalue weighted by atomic mass is 9.96. The van der Waals surface area contributed by atoms with E-state index in [1.165, 1.54) is 16.7 Å². The maximum absolute atomic E-state index is 11.2. The summed E-state index contributed by atoms with van der Waals surface area (Å²) in [6.07, 6.45) is 2.12. The second-order valence-electron chi connectivity index (χ2n) is 6.03. The van der Waals surface area contributed by atoms with E-state index in [0.717, 1.165) is 39.0 Å². The van der Waals surface area contributed by atoms with Crippen molar-refractivity contribution in [2.45, 2.75) is 39.2 Å². The maximum atomic E-state index is 11.2. The van der Waals surface area contributed by atoms with Crippen LogP contribution in [-0.2, 0) is 11.2 Å². The summed E-state index contributed by atoms with van der Waals surface area (Å²) in [5.74, 6) is -0.706. The molecule has 2 rings (SSSR count). The van der Waals surface area contributed by atoms with Gasteiger partial charge in [-0.2, -0.15) is 0 Å². The number of carbonyl (C=O) groups is 1. The molecule has 1 aromatic carbocycles. The normalized spacial score (nSPS) is 18.2. The summed E-state index contributed by atoms with van der Waals surface area (Å²) in [5, 5.41) is 12.6. The quantitative estimate of drug-likeness (QED) is 0.871. The minimum absolute atomic E-state index is 0.0860. The maximum Gasteiger partial charge on any atom is 0.304 e. The van der Waals surface area contributed by atoms with Crippen molar-refractivity contribution < 1.29 is 9.90 Å². The third-order valence-electron chi connectivity index (χ3n) is 4.26. The van der Waals surface area contributed by atoms with Gasteiger partial charge in [0, 0.05) is 19.1 Å². The zero-order valence-corrected chi connectivity index (χ0v) is 13.1. The summed E-state index contributed by atoms with van der Waals surface area (Å²) < 4.78 is 0. The summed E-state index contributed by atoms with van der Waals surface area (Å²) in [6.45, 7) is 8.09. The number of benzene rings is 1. The first-order valence-corrected chi connectivity index (χ1v) is 7.79. The number of rotatable bonds is 5. The van der Waals surface area contributed by atoms with Gasteiger partial charge in [-0.1, -0.05) is 23.8 Å². The van der Waals surface area contributed by atoms with E-state index in [0.29, 0.717) is 0 Å². The van der Waals surface area contributed by atoms with Crippen LogP contribution < -0.4 is 5.32 Å². The molecule has 2 N–H and O–H groups in total. The predicted molar refractivity (Wildman–Crippen MR) is 84.7 cm³/mol. The van der Waals surface area contributed by atoms with E-state index >= 15 is 0 Å². The molecule has 1 heterocycles. The summed E-state index contributed by atoms with van der Waals surface area (Å²) in [4.78, 5) is 13.6. The highest BCUT2D eigenvalue weighted by Crippen LogP contribution is 2.18. The number of hydrogen-bond donors (Lipinski definition) is 2. The van der Waals surface area contributed by atoms with E-state index in [2.05, 4.69) is 42.3 Å². The highest BCUT2D eigenvalue weighted by Gasteiger charge is 2.23. The van der Waals surface area contributed by atoms with Crippen LogP contribution in [0.15, 0.2) is 18.2 Å². The Morgan fingerprint density at radius 1 is 1.33 bits per heavy atom. The SMILES string of the molecule is Cc1ccc(C)c(CC(CC(=O)O)N2CCCNCC2)c1. The first kappa shape index (κ1) is 16.0. The largest absolute Gasteiger partial charge is 0.481 e. The number of hydrogen-bond acceptors (Lipinski definition) is 3. The first-order chi connectivity index (χ1) is 10.1. The van der Waals surface area contributed by atoms with Gasteiger partial charge < -0.3 is 10.4 Å². The monoisotopic (exact) mass is 290 g/mol. The number of aryl methyl sites for hydroxylation is 2. The van der Waals surface area contributed by atoms with Crippen molar-refractivity contribution in [3.05, 3.63) is 34.9 Å². The van der Waals surface area contributed by atoms with Crippen LogP contribution in [0.25, 0.3) is 0 Å². The lowest BCUT2D eigenvalue weighted by Crippen LogP contribution is -2.40. The molecule has 1 unspecified atom stereocenters. The molecule has 0 bridgehead atoms. The first-order valence-electron chi connectivity index (χ1n) is 7.79. The molecular formula is C17H26N2O2. The second-order valence-corrected chi connectivity index (χ2v) is 6.03. The summed E-state index contributed by atoms with van der Waals surface area (Å²) in [5.41, 5.74) is 3.77. The van der Waals surface area contributed by atoms with E-state index in [4.69, 9.17) is 0 Å². The Balaban J connectivity index is 2.14. The molecule has 0 aliphatic carbocycles. The smallest absolute Gasteiger partial charge is 0.304 e. The van der Waals surface area contributed by atoms with Gasteiger partial charge in [0.25, 0.3) is 0 Å². The van der Waals surface area contributed by atoms with Gasteiger partial charge in [0.15, 0.2) is 0 Å². The molecule has 4 nitrogen and oxygen atoms in total.